The Hall–Kier alpha value is -0.960. The molecule has 3 nitrogen and oxygen atoms in total. The van der Waals surface area contributed by atoms with Crippen LogP contribution in [0.5, 0.6) is 0 Å². The number of carbonyl (C=O) groups excluding carboxylic acids is 1. The first-order chi connectivity index (χ1) is 7.15. The van der Waals surface area contributed by atoms with Gasteiger partial charge in [0.25, 0.3) is 5.91 Å². The van der Waals surface area contributed by atoms with Crippen LogP contribution in [0.25, 0.3) is 0 Å². The molecule has 1 aromatic heterocycles. The molecular weight excluding hydrogens is 214 g/mol. The first-order valence-corrected chi connectivity index (χ1v) is 5.55. The molecule has 0 bridgehead atoms. The van der Waals surface area contributed by atoms with Crippen LogP contribution in [-0.4, -0.2) is 17.8 Å². The molecule has 0 spiro atoms. The maximum absolute atomic E-state index is 11.6. The zero-order valence-corrected chi connectivity index (χ0v) is 9.80. The molecule has 0 saturated heterocycles. The van der Waals surface area contributed by atoms with Crippen molar-refractivity contribution in [3.05, 3.63) is 23.7 Å². The highest BCUT2D eigenvalue weighted by Crippen LogP contribution is 2.09. The first-order valence-electron chi connectivity index (χ1n) is 5.11. The van der Waals surface area contributed by atoms with Gasteiger partial charge in [0.05, 0.1) is 11.8 Å². The summed E-state index contributed by atoms with van der Waals surface area (Å²) in [6, 6.07) is 1.67. The molecule has 0 saturated carbocycles. The van der Waals surface area contributed by atoms with Gasteiger partial charge in [0, 0.05) is 11.9 Å². The maximum atomic E-state index is 11.6. The van der Waals surface area contributed by atoms with Crippen molar-refractivity contribution < 1.29 is 9.21 Å². The second-order valence-corrected chi connectivity index (χ2v) is 4.06. The van der Waals surface area contributed by atoms with Crippen molar-refractivity contribution in [2.75, 3.05) is 6.54 Å². The summed E-state index contributed by atoms with van der Waals surface area (Å²) in [5, 5.41) is 2.94. The van der Waals surface area contributed by atoms with Gasteiger partial charge in [0.2, 0.25) is 0 Å². The van der Waals surface area contributed by atoms with E-state index in [0.717, 1.165) is 12.8 Å². The van der Waals surface area contributed by atoms with Gasteiger partial charge in [0.15, 0.2) is 0 Å². The molecule has 4 heteroatoms. The molecule has 0 aromatic carbocycles. The first kappa shape index (κ1) is 12.1. The van der Waals surface area contributed by atoms with E-state index in [1.807, 2.05) is 6.92 Å². The predicted octanol–water partition coefficient (Wildman–Crippen LogP) is 2.73. The number of hydrogen-bond acceptors (Lipinski definition) is 2. The lowest BCUT2D eigenvalue weighted by molar-refractivity contribution is 0.0951. The van der Waals surface area contributed by atoms with E-state index in [4.69, 9.17) is 16.0 Å². The Morgan fingerprint density at radius 3 is 2.93 bits per heavy atom. The number of rotatable bonds is 5. The lowest BCUT2D eigenvalue weighted by Gasteiger charge is -2.07. The second-order valence-electron chi connectivity index (χ2n) is 3.44. The van der Waals surface area contributed by atoms with Crippen LogP contribution in [0.1, 0.15) is 35.9 Å². The van der Waals surface area contributed by atoms with Crippen molar-refractivity contribution in [2.45, 2.75) is 32.1 Å². The minimum atomic E-state index is -0.0961. The molecule has 1 atom stereocenters. The van der Waals surface area contributed by atoms with E-state index < -0.39 is 0 Å². The zero-order chi connectivity index (χ0) is 11.3. The van der Waals surface area contributed by atoms with Gasteiger partial charge in [-0.05, 0) is 25.8 Å². The summed E-state index contributed by atoms with van der Waals surface area (Å²) in [7, 11) is 0. The lowest BCUT2D eigenvalue weighted by atomic mass is 10.2. The van der Waals surface area contributed by atoms with E-state index in [1.165, 1.54) is 6.26 Å². The van der Waals surface area contributed by atoms with E-state index in [9.17, 15) is 4.79 Å². The topological polar surface area (TPSA) is 42.2 Å². The van der Waals surface area contributed by atoms with Gasteiger partial charge >= 0.3 is 0 Å². The maximum Gasteiger partial charge on any atom is 0.254 e. The third kappa shape index (κ3) is 3.59. The van der Waals surface area contributed by atoms with Crippen LogP contribution in [0.2, 0.25) is 0 Å². The molecule has 0 fully saturated rings. The minimum Gasteiger partial charge on any atom is -0.469 e. The number of furan rings is 1. The molecule has 1 aromatic rings. The van der Waals surface area contributed by atoms with Crippen LogP contribution in [0.4, 0.5) is 0 Å². The fourth-order valence-corrected chi connectivity index (χ4v) is 1.37. The number of hydrogen-bond donors (Lipinski definition) is 1. The van der Waals surface area contributed by atoms with Gasteiger partial charge in [-0.15, -0.1) is 11.6 Å². The molecule has 0 aliphatic rings. The van der Waals surface area contributed by atoms with E-state index in [1.54, 1.807) is 13.0 Å². The fourth-order valence-electron chi connectivity index (χ4n) is 1.26. The Morgan fingerprint density at radius 2 is 2.40 bits per heavy atom. The highest BCUT2D eigenvalue weighted by molar-refractivity contribution is 6.20. The van der Waals surface area contributed by atoms with Gasteiger partial charge in [0.1, 0.15) is 5.76 Å². The van der Waals surface area contributed by atoms with Crippen LogP contribution in [0.3, 0.4) is 0 Å². The van der Waals surface area contributed by atoms with Crippen molar-refractivity contribution in [1.29, 1.82) is 0 Å². The summed E-state index contributed by atoms with van der Waals surface area (Å²) < 4.78 is 5.05. The summed E-state index contributed by atoms with van der Waals surface area (Å²) in [5.41, 5.74) is 0.595. The smallest absolute Gasteiger partial charge is 0.254 e. The largest absolute Gasteiger partial charge is 0.469 e. The highest BCUT2D eigenvalue weighted by Gasteiger charge is 2.10. The summed E-state index contributed by atoms with van der Waals surface area (Å²) >= 11 is 5.94. The Morgan fingerprint density at radius 1 is 1.67 bits per heavy atom. The lowest BCUT2D eigenvalue weighted by Crippen LogP contribution is -2.26. The molecule has 0 radical (unpaired) electrons. The molecule has 1 unspecified atom stereocenters. The fraction of sp³-hybridized carbons (Fsp3) is 0.545. The van der Waals surface area contributed by atoms with E-state index in [0.29, 0.717) is 17.9 Å². The molecule has 84 valence electrons. The molecular formula is C11H16ClNO2. The third-order valence-electron chi connectivity index (χ3n) is 2.29. The van der Waals surface area contributed by atoms with Crippen molar-refractivity contribution >= 4 is 17.5 Å². The van der Waals surface area contributed by atoms with Crippen LogP contribution >= 0.6 is 11.6 Å². The second kappa shape index (κ2) is 5.81. The van der Waals surface area contributed by atoms with Gasteiger partial charge in [-0.25, -0.2) is 0 Å². The van der Waals surface area contributed by atoms with Crippen molar-refractivity contribution in [1.82, 2.24) is 5.32 Å². The van der Waals surface area contributed by atoms with Crippen LogP contribution in [0.15, 0.2) is 16.7 Å². The number of nitrogens with one attached hydrogen (secondary N) is 1. The number of carbonyl (C=O) groups is 1. The Balaban J connectivity index is 2.34. The number of aryl methyl sites for hydroxylation is 1. The monoisotopic (exact) mass is 229 g/mol. The Labute approximate surface area is 94.8 Å². The normalized spacial score (nSPS) is 12.5. The third-order valence-corrected chi connectivity index (χ3v) is 2.82. The van der Waals surface area contributed by atoms with Crippen molar-refractivity contribution in [3.8, 4) is 0 Å². The molecule has 1 rings (SSSR count). The van der Waals surface area contributed by atoms with Gasteiger partial charge in [-0.3, -0.25) is 4.79 Å². The highest BCUT2D eigenvalue weighted by atomic mass is 35.5. The summed E-state index contributed by atoms with van der Waals surface area (Å²) in [6.45, 7) is 4.40. The predicted molar refractivity (Wildman–Crippen MR) is 60.3 cm³/mol. The Bertz CT molecular complexity index is 322. The van der Waals surface area contributed by atoms with Crippen molar-refractivity contribution in [2.24, 2.45) is 0 Å². The number of amides is 1. The van der Waals surface area contributed by atoms with E-state index in [-0.39, 0.29) is 11.3 Å². The number of alkyl halides is 1. The molecule has 1 N–H and O–H groups in total. The standard InChI is InChI=1S/C11H16ClNO2/c1-3-9(12)4-6-13-11(14)10-5-7-15-8(10)2/h5,7,9H,3-4,6H2,1-2H3,(H,13,14). The number of halogens is 1. The average Bonchev–Trinajstić information content (AvgIpc) is 2.64. The van der Waals surface area contributed by atoms with E-state index >= 15 is 0 Å². The van der Waals surface area contributed by atoms with Crippen LogP contribution < -0.4 is 5.32 Å². The molecule has 0 aliphatic heterocycles. The molecule has 1 heterocycles. The van der Waals surface area contributed by atoms with Crippen molar-refractivity contribution in [3.63, 3.8) is 0 Å². The zero-order valence-electron chi connectivity index (χ0n) is 9.05. The molecule has 0 aliphatic carbocycles. The summed E-state index contributed by atoms with van der Waals surface area (Å²) in [6.07, 6.45) is 3.23. The van der Waals surface area contributed by atoms with Gasteiger partial charge in [-0.2, -0.15) is 0 Å². The molecule has 1 amide bonds. The summed E-state index contributed by atoms with van der Waals surface area (Å²) in [4.78, 5) is 11.6. The van der Waals surface area contributed by atoms with E-state index in [2.05, 4.69) is 5.32 Å². The SMILES string of the molecule is CCC(Cl)CCNC(=O)c1ccoc1C. The van der Waals surface area contributed by atoms with Gasteiger partial charge in [-0.1, -0.05) is 6.92 Å². The quantitative estimate of drug-likeness (QED) is 0.789. The van der Waals surface area contributed by atoms with Crippen LogP contribution in [0, 0.1) is 6.92 Å². The Kier molecular flexibility index (Phi) is 4.69. The average molecular weight is 230 g/mol. The summed E-state index contributed by atoms with van der Waals surface area (Å²) in [5.74, 6) is 0.548. The van der Waals surface area contributed by atoms with Crippen LogP contribution in [-0.2, 0) is 0 Å². The minimum absolute atomic E-state index is 0.0961. The van der Waals surface area contributed by atoms with Gasteiger partial charge < -0.3 is 9.73 Å². The molecule has 15 heavy (non-hydrogen) atoms.